The summed E-state index contributed by atoms with van der Waals surface area (Å²) in [5.41, 5.74) is 1.20. The van der Waals surface area contributed by atoms with Gasteiger partial charge < -0.3 is 14.9 Å². The van der Waals surface area contributed by atoms with Crippen LogP contribution in [0.2, 0.25) is 0 Å². The van der Waals surface area contributed by atoms with Crippen LogP contribution in [-0.2, 0) is 11.3 Å². The second-order valence-corrected chi connectivity index (χ2v) is 5.25. The third-order valence-corrected chi connectivity index (χ3v) is 3.67. The first-order valence-corrected chi connectivity index (χ1v) is 7.05. The zero-order valence-corrected chi connectivity index (χ0v) is 12.7. The predicted octanol–water partition coefficient (Wildman–Crippen LogP) is 2.06. The van der Waals surface area contributed by atoms with Gasteiger partial charge in [-0.05, 0) is 21.5 Å². The zero-order chi connectivity index (χ0) is 14.5. The summed E-state index contributed by atoms with van der Waals surface area (Å²) in [4.78, 5) is 0. The molecule has 2 aromatic rings. The van der Waals surface area contributed by atoms with Gasteiger partial charge in [-0.15, -0.1) is 0 Å². The highest BCUT2D eigenvalue weighted by atomic mass is 79.9. The molecule has 0 saturated heterocycles. The lowest BCUT2D eigenvalue weighted by atomic mass is 10.0. The zero-order valence-electron chi connectivity index (χ0n) is 11.1. The van der Waals surface area contributed by atoms with Crippen LogP contribution in [0.3, 0.4) is 0 Å². The molecule has 2 atom stereocenters. The van der Waals surface area contributed by atoms with Crippen LogP contribution >= 0.6 is 15.9 Å². The lowest BCUT2D eigenvalue weighted by Gasteiger charge is -2.20. The molecule has 2 rings (SSSR count). The van der Waals surface area contributed by atoms with Crippen LogP contribution in [0.25, 0.3) is 0 Å². The fraction of sp³-hybridized carbons (Fsp3) is 0.357. The smallest absolute Gasteiger partial charge is 0.127 e. The standard InChI is InChI=1S/C14H17BrN2O3/c1-20-8-7-17-12(11(15)9-16-17)14(19)13(18)10-5-3-2-4-6-10/h2-6,9,13-14,18-19H,7-8H2,1H3. The van der Waals surface area contributed by atoms with E-state index in [0.29, 0.717) is 28.9 Å². The number of rotatable bonds is 6. The first-order valence-electron chi connectivity index (χ1n) is 6.26. The first-order chi connectivity index (χ1) is 9.65. The summed E-state index contributed by atoms with van der Waals surface area (Å²) in [6.07, 6.45) is -0.469. The van der Waals surface area contributed by atoms with E-state index in [1.165, 1.54) is 0 Å². The molecule has 1 aromatic carbocycles. The number of aromatic nitrogens is 2. The number of halogens is 1. The first kappa shape index (κ1) is 15.2. The van der Waals surface area contributed by atoms with Crippen molar-refractivity contribution in [1.29, 1.82) is 0 Å². The molecule has 0 aliphatic rings. The van der Waals surface area contributed by atoms with E-state index in [1.807, 2.05) is 18.2 Å². The van der Waals surface area contributed by atoms with E-state index >= 15 is 0 Å². The van der Waals surface area contributed by atoms with E-state index < -0.39 is 12.2 Å². The monoisotopic (exact) mass is 340 g/mol. The minimum atomic E-state index is -1.06. The highest BCUT2D eigenvalue weighted by Crippen LogP contribution is 2.32. The van der Waals surface area contributed by atoms with Crippen molar-refractivity contribution in [3.8, 4) is 0 Å². The Bertz CT molecular complexity index is 545. The average Bonchev–Trinajstić information content (AvgIpc) is 2.85. The molecule has 0 aliphatic heterocycles. The molecular formula is C14H17BrN2O3. The van der Waals surface area contributed by atoms with Crippen molar-refractivity contribution >= 4 is 15.9 Å². The summed E-state index contributed by atoms with van der Waals surface area (Å²) in [6.45, 7) is 0.991. The minimum Gasteiger partial charge on any atom is -0.385 e. The Labute approximate surface area is 125 Å². The van der Waals surface area contributed by atoms with E-state index in [9.17, 15) is 10.2 Å². The van der Waals surface area contributed by atoms with Crippen molar-refractivity contribution in [3.63, 3.8) is 0 Å². The molecule has 0 radical (unpaired) electrons. The van der Waals surface area contributed by atoms with Crippen LogP contribution in [0.4, 0.5) is 0 Å². The molecule has 2 N–H and O–H groups in total. The van der Waals surface area contributed by atoms with Crippen molar-refractivity contribution in [2.75, 3.05) is 13.7 Å². The maximum absolute atomic E-state index is 10.4. The molecule has 6 heteroatoms. The van der Waals surface area contributed by atoms with Gasteiger partial charge in [-0.2, -0.15) is 5.10 Å². The van der Waals surface area contributed by atoms with E-state index in [4.69, 9.17) is 4.74 Å². The van der Waals surface area contributed by atoms with Gasteiger partial charge in [0.25, 0.3) is 0 Å². The third kappa shape index (κ3) is 3.27. The molecule has 2 unspecified atom stereocenters. The summed E-state index contributed by atoms with van der Waals surface area (Å²) >= 11 is 3.36. The van der Waals surface area contributed by atoms with Crippen molar-refractivity contribution < 1.29 is 14.9 Å². The van der Waals surface area contributed by atoms with Gasteiger partial charge in [-0.1, -0.05) is 30.3 Å². The Hall–Kier alpha value is -1.21. The molecule has 0 amide bonds. The van der Waals surface area contributed by atoms with Gasteiger partial charge in [0.2, 0.25) is 0 Å². The molecule has 5 nitrogen and oxygen atoms in total. The molecular weight excluding hydrogens is 324 g/mol. The third-order valence-electron chi connectivity index (χ3n) is 3.06. The fourth-order valence-corrected chi connectivity index (χ4v) is 2.53. The van der Waals surface area contributed by atoms with Crippen LogP contribution in [0.1, 0.15) is 23.5 Å². The quantitative estimate of drug-likeness (QED) is 0.844. The topological polar surface area (TPSA) is 67.5 Å². The van der Waals surface area contributed by atoms with Crippen LogP contribution in [0, 0.1) is 0 Å². The summed E-state index contributed by atoms with van der Waals surface area (Å²) in [6, 6.07) is 9.06. The van der Waals surface area contributed by atoms with Gasteiger partial charge in [0.05, 0.1) is 29.5 Å². The maximum Gasteiger partial charge on any atom is 0.127 e. The molecule has 0 bridgehead atoms. The van der Waals surface area contributed by atoms with Gasteiger partial charge in [-0.25, -0.2) is 0 Å². The van der Waals surface area contributed by atoms with Crippen molar-refractivity contribution in [1.82, 2.24) is 9.78 Å². The number of benzene rings is 1. The lowest BCUT2D eigenvalue weighted by Crippen LogP contribution is -2.17. The van der Waals surface area contributed by atoms with Crippen LogP contribution in [0.15, 0.2) is 41.0 Å². The van der Waals surface area contributed by atoms with Gasteiger partial charge in [0, 0.05) is 7.11 Å². The molecule has 0 spiro atoms. The molecule has 0 saturated carbocycles. The normalized spacial score (nSPS) is 14.2. The molecule has 1 aromatic heterocycles. The molecule has 1 heterocycles. The summed E-state index contributed by atoms with van der Waals surface area (Å²) in [5, 5.41) is 24.9. The highest BCUT2D eigenvalue weighted by Gasteiger charge is 2.26. The van der Waals surface area contributed by atoms with Gasteiger partial charge in [-0.3, -0.25) is 4.68 Å². The summed E-state index contributed by atoms with van der Waals surface area (Å²) in [7, 11) is 1.60. The molecule has 0 aliphatic carbocycles. The number of aliphatic hydroxyl groups excluding tert-OH is 2. The van der Waals surface area contributed by atoms with Crippen LogP contribution in [0.5, 0.6) is 0 Å². The van der Waals surface area contributed by atoms with Gasteiger partial charge >= 0.3 is 0 Å². The highest BCUT2D eigenvalue weighted by molar-refractivity contribution is 9.10. The second kappa shape index (κ2) is 6.99. The Morgan fingerprint density at radius 2 is 1.95 bits per heavy atom. The Balaban J connectivity index is 2.24. The van der Waals surface area contributed by atoms with E-state index in [0.717, 1.165) is 0 Å². The molecule has 108 valence electrons. The fourth-order valence-electron chi connectivity index (χ4n) is 2.00. The Morgan fingerprint density at radius 3 is 2.60 bits per heavy atom. The van der Waals surface area contributed by atoms with Crippen molar-refractivity contribution in [2.45, 2.75) is 18.8 Å². The Morgan fingerprint density at radius 1 is 1.25 bits per heavy atom. The Kier molecular flexibility index (Phi) is 5.31. The summed E-state index contributed by atoms with van der Waals surface area (Å²) < 4.78 is 7.31. The number of ether oxygens (including phenoxy) is 1. The minimum absolute atomic E-state index is 0.481. The van der Waals surface area contributed by atoms with E-state index in [2.05, 4.69) is 21.0 Å². The lowest BCUT2D eigenvalue weighted by molar-refractivity contribution is 0.0106. The predicted molar refractivity (Wildman–Crippen MR) is 78.2 cm³/mol. The number of hydrogen-bond acceptors (Lipinski definition) is 4. The van der Waals surface area contributed by atoms with E-state index in [1.54, 1.807) is 30.1 Å². The van der Waals surface area contributed by atoms with Crippen LogP contribution < -0.4 is 0 Å². The molecule has 0 fully saturated rings. The van der Waals surface area contributed by atoms with Gasteiger partial charge in [0.1, 0.15) is 12.2 Å². The van der Waals surface area contributed by atoms with Crippen molar-refractivity contribution in [3.05, 3.63) is 52.3 Å². The van der Waals surface area contributed by atoms with Gasteiger partial charge in [0.15, 0.2) is 0 Å². The molecule has 20 heavy (non-hydrogen) atoms. The maximum atomic E-state index is 10.4. The largest absolute Gasteiger partial charge is 0.385 e. The summed E-state index contributed by atoms with van der Waals surface area (Å²) in [5.74, 6) is 0. The van der Waals surface area contributed by atoms with Crippen LogP contribution in [-0.4, -0.2) is 33.7 Å². The second-order valence-electron chi connectivity index (χ2n) is 4.39. The SMILES string of the molecule is COCCn1ncc(Br)c1C(O)C(O)c1ccccc1. The number of hydrogen-bond donors (Lipinski definition) is 2. The average molecular weight is 341 g/mol. The van der Waals surface area contributed by atoms with E-state index in [-0.39, 0.29) is 0 Å². The number of nitrogens with zero attached hydrogens (tertiary/aromatic N) is 2. The van der Waals surface area contributed by atoms with Crippen molar-refractivity contribution in [2.24, 2.45) is 0 Å². The number of methoxy groups -OCH3 is 1. The number of aliphatic hydroxyl groups is 2.